The van der Waals surface area contributed by atoms with Gasteiger partial charge in [-0.1, -0.05) is 44.8 Å². The molecule has 0 radical (unpaired) electrons. The molecule has 0 aliphatic heterocycles. The molecular weight excluding hydrogens is 200 g/mol. The Morgan fingerprint density at radius 1 is 1.00 bits per heavy atom. The van der Waals surface area contributed by atoms with Crippen molar-refractivity contribution in [1.82, 2.24) is 0 Å². The van der Waals surface area contributed by atoms with E-state index in [1.165, 1.54) is 39.2 Å². The molecule has 0 rings (SSSR count). The van der Waals surface area contributed by atoms with Crippen LogP contribution in [0.4, 0.5) is 0 Å². The second-order valence-corrected chi connectivity index (χ2v) is 4.12. The van der Waals surface area contributed by atoms with E-state index in [1.807, 2.05) is 0 Å². The van der Waals surface area contributed by atoms with Crippen LogP contribution in [0.15, 0.2) is 12.2 Å². The number of allylic oxidation sites excluding steroid dienone is 2. The Morgan fingerprint density at radius 2 is 1.62 bits per heavy atom. The molecule has 0 saturated carbocycles. The Morgan fingerprint density at radius 3 is 2.25 bits per heavy atom. The third kappa shape index (κ3) is 11.3. The summed E-state index contributed by atoms with van der Waals surface area (Å²) in [5, 5.41) is 0. The highest BCUT2D eigenvalue weighted by molar-refractivity contribution is 5.68. The first-order valence-corrected chi connectivity index (χ1v) is 6.53. The maximum absolute atomic E-state index is 10.8. The molecule has 0 aromatic rings. The van der Waals surface area contributed by atoms with E-state index in [1.54, 1.807) is 0 Å². The van der Waals surface area contributed by atoms with Crippen molar-refractivity contribution in [2.45, 2.75) is 64.7 Å². The summed E-state index contributed by atoms with van der Waals surface area (Å²) in [6.45, 7) is 2.16. The van der Waals surface area contributed by atoms with Crippen molar-refractivity contribution in [3.63, 3.8) is 0 Å². The Kier molecular flexibility index (Phi) is 11.7. The van der Waals surface area contributed by atoms with Gasteiger partial charge in [0.15, 0.2) is 0 Å². The number of rotatable bonds is 10. The summed E-state index contributed by atoms with van der Waals surface area (Å²) in [5.41, 5.74) is 0. The number of hydrogen-bond acceptors (Lipinski definition) is 2. The summed E-state index contributed by atoms with van der Waals surface area (Å²) in [6.07, 6.45) is 14.7. The first kappa shape index (κ1) is 15.2. The van der Waals surface area contributed by atoms with Gasteiger partial charge in [0.25, 0.3) is 0 Å². The van der Waals surface area contributed by atoms with E-state index in [9.17, 15) is 4.79 Å². The fourth-order valence-electron chi connectivity index (χ4n) is 1.63. The van der Waals surface area contributed by atoms with Crippen LogP contribution in [-0.2, 0) is 9.53 Å². The van der Waals surface area contributed by atoms with Crippen molar-refractivity contribution in [3.8, 4) is 0 Å². The average Bonchev–Trinajstić information content (AvgIpc) is 2.31. The topological polar surface area (TPSA) is 26.3 Å². The smallest absolute Gasteiger partial charge is 0.305 e. The molecule has 0 saturated heterocycles. The molecule has 94 valence electrons. The van der Waals surface area contributed by atoms with Gasteiger partial charge in [-0.15, -0.1) is 0 Å². The zero-order valence-corrected chi connectivity index (χ0v) is 10.8. The van der Waals surface area contributed by atoms with Crippen molar-refractivity contribution < 1.29 is 9.53 Å². The van der Waals surface area contributed by atoms with Crippen molar-refractivity contribution in [2.24, 2.45) is 0 Å². The van der Waals surface area contributed by atoms with Crippen molar-refractivity contribution in [2.75, 3.05) is 7.11 Å². The number of methoxy groups -OCH3 is 1. The number of esters is 1. The van der Waals surface area contributed by atoms with Crippen molar-refractivity contribution in [1.29, 1.82) is 0 Å². The number of carbonyl (C=O) groups is 1. The molecule has 0 atom stereocenters. The molecule has 2 nitrogen and oxygen atoms in total. The monoisotopic (exact) mass is 226 g/mol. The lowest BCUT2D eigenvalue weighted by molar-refractivity contribution is -0.140. The SMILES string of the molecule is CCC=CCCCCCCCCC(=O)OC. The first-order valence-electron chi connectivity index (χ1n) is 6.53. The highest BCUT2D eigenvalue weighted by atomic mass is 16.5. The lowest BCUT2D eigenvalue weighted by Gasteiger charge is -2.00. The third-order valence-corrected chi connectivity index (χ3v) is 2.63. The van der Waals surface area contributed by atoms with Crippen LogP contribution in [-0.4, -0.2) is 13.1 Å². The van der Waals surface area contributed by atoms with E-state index < -0.39 is 0 Å². The molecule has 0 fully saturated rings. The Balaban J connectivity index is 3.04. The Hall–Kier alpha value is -0.790. The maximum atomic E-state index is 10.8. The molecule has 2 heteroatoms. The molecule has 0 spiro atoms. The van der Waals surface area contributed by atoms with E-state index >= 15 is 0 Å². The molecule has 0 unspecified atom stereocenters. The molecule has 16 heavy (non-hydrogen) atoms. The summed E-state index contributed by atoms with van der Waals surface area (Å²) >= 11 is 0. The van der Waals surface area contributed by atoms with Crippen LogP contribution < -0.4 is 0 Å². The molecule has 0 heterocycles. The zero-order chi connectivity index (χ0) is 12.1. The van der Waals surface area contributed by atoms with E-state index in [4.69, 9.17) is 0 Å². The standard InChI is InChI=1S/C14H26O2/c1-3-4-5-6-7-8-9-10-11-12-13-14(15)16-2/h4-5H,3,6-13H2,1-2H3. The third-order valence-electron chi connectivity index (χ3n) is 2.63. The fraction of sp³-hybridized carbons (Fsp3) is 0.786. The van der Waals surface area contributed by atoms with Crippen molar-refractivity contribution in [3.05, 3.63) is 12.2 Å². The lowest BCUT2D eigenvalue weighted by atomic mass is 10.1. The minimum atomic E-state index is -0.0790. The van der Waals surface area contributed by atoms with Gasteiger partial charge in [-0.25, -0.2) is 0 Å². The molecule has 0 aliphatic rings. The minimum Gasteiger partial charge on any atom is -0.469 e. The quantitative estimate of drug-likeness (QED) is 0.316. The predicted octanol–water partition coefficient (Wildman–Crippen LogP) is 4.25. The van der Waals surface area contributed by atoms with E-state index in [2.05, 4.69) is 23.8 Å². The maximum Gasteiger partial charge on any atom is 0.305 e. The normalized spacial score (nSPS) is 10.9. The van der Waals surface area contributed by atoms with Crippen LogP contribution in [0, 0.1) is 0 Å². The van der Waals surface area contributed by atoms with Gasteiger partial charge < -0.3 is 4.74 Å². The Bertz CT molecular complexity index is 185. The van der Waals surface area contributed by atoms with Crippen LogP contribution in [0.1, 0.15) is 64.7 Å². The van der Waals surface area contributed by atoms with E-state index in [0.29, 0.717) is 6.42 Å². The molecule has 0 aliphatic carbocycles. The summed E-state index contributed by atoms with van der Waals surface area (Å²) < 4.78 is 4.59. The summed E-state index contributed by atoms with van der Waals surface area (Å²) in [5.74, 6) is -0.0790. The van der Waals surface area contributed by atoms with Crippen LogP contribution in [0.3, 0.4) is 0 Å². The lowest BCUT2D eigenvalue weighted by Crippen LogP contribution is -1.99. The molecular formula is C14H26O2. The van der Waals surface area contributed by atoms with Crippen molar-refractivity contribution >= 4 is 5.97 Å². The number of hydrogen-bond donors (Lipinski definition) is 0. The second-order valence-electron chi connectivity index (χ2n) is 4.12. The van der Waals surface area contributed by atoms with Gasteiger partial charge in [0, 0.05) is 6.42 Å². The highest BCUT2D eigenvalue weighted by Crippen LogP contribution is 2.09. The summed E-state index contributed by atoms with van der Waals surface area (Å²) in [4.78, 5) is 10.8. The highest BCUT2D eigenvalue weighted by Gasteiger charge is 1.98. The van der Waals surface area contributed by atoms with Gasteiger partial charge in [-0.3, -0.25) is 4.79 Å². The average molecular weight is 226 g/mol. The predicted molar refractivity (Wildman–Crippen MR) is 68.4 cm³/mol. The number of ether oxygens (including phenoxy) is 1. The van der Waals surface area contributed by atoms with Crippen LogP contribution in [0.5, 0.6) is 0 Å². The first-order chi connectivity index (χ1) is 7.81. The largest absolute Gasteiger partial charge is 0.469 e. The molecule has 0 amide bonds. The number of carbonyl (C=O) groups excluding carboxylic acids is 1. The number of unbranched alkanes of at least 4 members (excludes halogenated alkanes) is 6. The molecule has 0 N–H and O–H groups in total. The summed E-state index contributed by atoms with van der Waals surface area (Å²) in [7, 11) is 1.45. The molecule has 0 bridgehead atoms. The van der Waals surface area contributed by atoms with E-state index in [-0.39, 0.29) is 5.97 Å². The van der Waals surface area contributed by atoms with Gasteiger partial charge in [0.05, 0.1) is 7.11 Å². The zero-order valence-electron chi connectivity index (χ0n) is 10.8. The van der Waals surface area contributed by atoms with Crippen LogP contribution >= 0.6 is 0 Å². The van der Waals surface area contributed by atoms with Gasteiger partial charge in [0.1, 0.15) is 0 Å². The second kappa shape index (κ2) is 12.3. The molecule has 0 aromatic carbocycles. The van der Waals surface area contributed by atoms with Gasteiger partial charge in [-0.05, 0) is 25.7 Å². The molecule has 0 aromatic heterocycles. The van der Waals surface area contributed by atoms with Gasteiger partial charge in [-0.2, -0.15) is 0 Å². The summed E-state index contributed by atoms with van der Waals surface area (Å²) in [6, 6.07) is 0. The van der Waals surface area contributed by atoms with Crippen LogP contribution in [0.2, 0.25) is 0 Å². The van der Waals surface area contributed by atoms with E-state index in [0.717, 1.165) is 19.3 Å². The van der Waals surface area contributed by atoms with Crippen LogP contribution in [0.25, 0.3) is 0 Å². The van der Waals surface area contributed by atoms with Gasteiger partial charge in [0.2, 0.25) is 0 Å². The fourth-order valence-corrected chi connectivity index (χ4v) is 1.63. The minimum absolute atomic E-state index is 0.0790. The van der Waals surface area contributed by atoms with Gasteiger partial charge >= 0.3 is 5.97 Å². The Labute approximate surface area is 100 Å².